The van der Waals surface area contributed by atoms with E-state index in [0.29, 0.717) is 37.7 Å². The first-order valence-corrected chi connectivity index (χ1v) is 7.11. The van der Waals surface area contributed by atoms with Gasteiger partial charge < -0.3 is 20.3 Å². The molecule has 0 unspecified atom stereocenters. The van der Waals surface area contributed by atoms with Gasteiger partial charge in [0, 0.05) is 30.4 Å². The third kappa shape index (κ3) is 4.46. The molecule has 6 nitrogen and oxygen atoms in total. The van der Waals surface area contributed by atoms with Crippen LogP contribution in [-0.4, -0.2) is 43.1 Å². The van der Waals surface area contributed by atoms with Crippen molar-refractivity contribution in [1.82, 2.24) is 4.90 Å². The molecule has 114 valence electrons. The molecular weight excluding hydrogens is 270 g/mol. The van der Waals surface area contributed by atoms with Gasteiger partial charge in [0.25, 0.3) is 0 Å². The summed E-state index contributed by atoms with van der Waals surface area (Å²) in [5.41, 5.74) is 1.33. The van der Waals surface area contributed by atoms with E-state index in [1.807, 2.05) is 13.8 Å². The average molecular weight is 291 g/mol. The highest BCUT2D eigenvalue weighted by atomic mass is 16.5. The van der Waals surface area contributed by atoms with Crippen molar-refractivity contribution in [3.63, 3.8) is 0 Å². The van der Waals surface area contributed by atoms with Crippen LogP contribution in [0.4, 0.5) is 16.2 Å². The van der Waals surface area contributed by atoms with Gasteiger partial charge in [-0.15, -0.1) is 0 Å². The van der Waals surface area contributed by atoms with E-state index in [0.717, 1.165) is 0 Å². The molecule has 21 heavy (non-hydrogen) atoms. The van der Waals surface area contributed by atoms with Crippen molar-refractivity contribution in [3.05, 3.63) is 24.3 Å². The second-order valence-electron chi connectivity index (χ2n) is 5.25. The summed E-state index contributed by atoms with van der Waals surface area (Å²) in [7, 11) is 0. The zero-order chi connectivity index (χ0) is 15.2. The number of nitrogens with zero attached hydrogens (tertiary/aromatic N) is 1. The molecule has 0 aliphatic carbocycles. The number of benzene rings is 1. The van der Waals surface area contributed by atoms with Gasteiger partial charge in [-0.2, -0.15) is 0 Å². The maximum Gasteiger partial charge on any atom is 0.322 e. The van der Waals surface area contributed by atoms with Crippen molar-refractivity contribution in [2.24, 2.45) is 5.92 Å². The van der Waals surface area contributed by atoms with Gasteiger partial charge in [-0.1, -0.05) is 19.9 Å². The topological polar surface area (TPSA) is 70.7 Å². The van der Waals surface area contributed by atoms with E-state index in [4.69, 9.17) is 4.74 Å². The Morgan fingerprint density at radius 1 is 1.14 bits per heavy atom. The van der Waals surface area contributed by atoms with Crippen molar-refractivity contribution in [1.29, 1.82) is 0 Å². The lowest BCUT2D eigenvalue weighted by Crippen LogP contribution is -2.43. The summed E-state index contributed by atoms with van der Waals surface area (Å²) in [6.45, 7) is 5.99. The summed E-state index contributed by atoms with van der Waals surface area (Å²) in [6.07, 6.45) is 0. The Morgan fingerprint density at radius 3 is 2.38 bits per heavy atom. The first kappa shape index (κ1) is 15.3. The number of carbonyl (C=O) groups excluding carboxylic acids is 2. The zero-order valence-electron chi connectivity index (χ0n) is 12.4. The molecule has 1 aromatic carbocycles. The average Bonchev–Trinajstić information content (AvgIpc) is 2.48. The molecule has 0 saturated carbocycles. The van der Waals surface area contributed by atoms with E-state index in [9.17, 15) is 9.59 Å². The lowest BCUT2D eigenvalue weighted by Gasteiger charge is -2.27. The summed E-state index contributed by atoms with van der Waals surface area (Å²) >= 11 is 0. The smallest absolute Gasteiger partial charge is 0.322 e. The number of carbonyl (C=O) groups is 2. The van der Waals surface area contributed by atoms with Crippen molar-refractivity contribution < 1.29 is 14.3 Å². The third-order valence-corrected chi connectivity index (χ3v) is 3.20. The number of anilines is 2. The Bertz CT molecular complexity index is 511. The highest BCUT2D eigenvalue weighted by Crippen LogP contribution is 2.16. The van der Waals surface area contributed by atoms with Crippen molar-refractivity contribution in [2.45, 2.75) is 13.8 Å². The number of hydrogen-bond acceptors (Lipinski definition) is 3. The molecule has 2 N–H and O–H groups in total. The SMILES string of the molecule is CC(C)C(=O)Nc1cccc(NC(=O)N2CCOCC2)c1. The molecule has 1 aliphatic heterocycles. The fourth-order valence-corrected chi connectivity index (χ4v) is 1.93. The standard InChI is InChI=1S/C15H21N3O3/c1-11(2)14(19)16-12-4-3-5-13(10-12)17-15(20)18-6-8-21-9-7-18/h3-5,10-11H,6-9H2,1-2H3,(H,16,19)(H,17,20). The molecule has 1 aromatic rings. The van der Waals surface area contributed by atoms with Crippen molar-refractivity contribution >= 4 is 23.3 Å². The van der Waals surface area contributed by atoms with E-state index < -0.39 is 0 Å². The Morgan fingerprint density at radius 2 is 1.76 bits per heavy atom. The number of urea groups is 1. The second-order valence-corrected chi connectivity index (χ2v) is 5.25. The summed E-state index contributed by atoms with van der Waals surface area (Å²) in [5, 5.41) is 5.65. The van der Waals surface area contributed by atoms with Gasteiger partial charge in [-0.25, -0.2) is 4.79 Å². The van der Waals surface area contributed by atoms with Gasteiger partial charge in [0.2, 0.25) is 5.91 Å². The summed E-state index contributed by atoms with van der Waals surface area (Å²) < 4.78 is 5.22. The van der Waals surface area contributed by atoms with Gasteiger partial charge in [-0.3, -0.25) is 4.79 Å². The van der Waals surface area contributed by atoms with Crippen LogP contribution in [0.25, 0.3) is 0 Å². The van der Waals surface area contributed by atoms with Gasteiger partial charge >= 0.3 is 6.03 Å². The number of hydrogen-bond donors (Lipinski definition) is 2. The molecular formula is C15H21N3O3. The maximum atomic E-state index is 12.1. The number of ether oxygens (including phenoxy) is 1. The number of rotatable bonds is 3. The maximum absolute atomic E-state index is 12.1. The van der Waals surface area contributed by atoms with E-state index in [2.05, 4.69) is 10.6 Å². The van der Waals surface area contributed by atoms with E-state index in [-0.39, 0.29) is 17.9 Å². The highest BCUT2D eigenvalue weighted by molar-refractivity contribution is 5.94. The van der Waals surface area contributed by atoms with Crippen molar-refractivity contribution in [3.8, 4) is 0 Å². The van der Waals surface area contributed by atoms with Gasteiger partial charge in [0.15, 0.2) is 0 Å². The predicted molar refractivity (Wildman–Crippen MR) is 81.3 cm³/mol. The summed E-state index contributed by atoms with van der Waals surface area (Å²) in [4.78, 5) is 25.5. The minimum atomic E-state index is -0.148. The first-order valence-electron chi connectivity index (χ1n) is 7.11. The molecule has 0 bridgehead atoms. The van der Waals surface area contributed by atoms with Gasteiger partial charge in [0.1, 0.15) is 0 Å². The lowest BCUT2D eigenvalue weighted by atomic mass is 10.2. The predicted octanol–water partition coefficient (Wildman–Crippen LogP) is 2.15. The Labute approximate surface area is 124 Å². The normalized spacial score (nSPS) is 14.9. The fraction of sp³-hybridized carbons (Fsp3) is 0.467. The van der Waals surface area contributed by atoms with Crippen LogP contribution in [0.3, 0.4) is 0 Å². The molecule has 6 heteroatoms. The zero-order valence-corrected chi connectivity index (χ0v) is 12.4. The third-order valence-electron chi connectivity index (χ3n) is 3.20. The minimum absolute atomic E-state index is 0.0494. The van der Waals surface area contributed by atoms with E-state index in [1.165, 1.54) is 0 Å². The van der Waals surface area contributed by atoms with Crippen LogP contribution < -0.4 is 10.6 Å². The minimum Gasteiger partial charge on any atom is -0.378 e. The van der Waals surface area contributed by atoms with Crippen LogP contribution in [0, 0.1) is 5.92 Å². The van der Waals surface area contributed by atoms with Gasteiger partial charge in [-0.05, 0) is 18.2 Å². The fourth-order valence-electron chi connectivity index (χ4n) is 1.93. The lowest BCUT2D eigenvalue weighted by molar-refractivity contribution is -0.118. The van der Waals surface area contributed by atoms with Gasteiger partial charge in [0.05, 0.1) is 13.2 Å². The largest absolute Gasteiger partial charge is 0.378 e. The van der Waals surface area contributed by atoms with Crippen LogP contribution in [0.15, 0.2) is 24.3 Å². The number of nitrogens with one attached hydrogen (secondary N) is 2. The Balaban J connectivity index is 1.97. The molecule has 0 spiro atoms. The molecule has 1 heterocycles. The van der Waals surface area contributed by atoms with Crippen LogP contribution in [0.5, 0.6) is 0 Å². The second kappa shape index (κ2) is 7.08. The summed E-state index contributed by atoms with van der Waals surface area (Å²) in [6, 6.07) is 6.99. The molecule has 1 saturated heterocycles. The molecule has 0 atom stereocenters. The number of morpholine rings is 1. The Hall–Kier alpha value is -2.08. The first-order chi connectivity index (χ1) is 10.1. The molecule has 0 aromatic heterocycles. The Kier molecular flexibility index (Phi) is 5.16. The monoisotopic (exact) mass is 291 g/mol. The van der Waals surface area contributed by atoms with E-state index >= 15 is 0 Å². The van der Waals surface area contributed by atoms with E-state index in [1.54, 1.807) is 29.2 Å². The summed E-state index contributed by atoms with van der Waals surface area (Å²) in [5.74, 6) is -0.136. The highest BCUT2D eigenvalue weighted by Gasteiger charge is 2.16. The number of amides is 3. The van der Waals surface area contributed by atoms with Crippen LogP contribution in [0.2, 0.25) is 0 Å². The quantitative estimate of drug-likeness (QED) is 0.896. The van der Waals surface area contributed by atoms with Crippen LogP contribution in [-0.2, 0) is 9.53 Å². The molecule has 2 rings (SSSR count). The molecule has 1 aliphatic rings. The molecule has 3 amide bonds. The molecule has 1 fully saturated rings. The molecule has 0 radical (unpaired) electrons. The van der Waals surface area contributed by atoms with Crippen LogP contribution >= 0.6 is 0 Å². The van der Waals surface area contributed by atoms with Crippen LogP contribution in [0.1, 0.15) is 13.8 Å². The van der Waals surface area contributed by atoms with Crippen molar-refractivity contribution in [2.75, 3.05) is 36.9 Å².